The van der Waals surface area contributed by atoms with Crippen LogP contribution in [0.4, 0.5) is 13.2 Å². The maximum Gasteiger partial charge on any atom is 0.391 e. The van der Waals surface area contributed by atoms with Crippen molar-refractivity contribution in [2.24, 2.45) is 35.5 Å². The monoisotopic (exact) mass is 1300 g/mol. The highest BCUT2D eigenvalue weighted by Gasteiger charge is 2.51. The third kappa shape index (κ3) is 19.9. The van der Waals surface area contributed by atoms with Crippen LogP contribution in [0.15, 0.2) is 0 Å². The topological polar surface area (TPSA) is 259 Å². The van der Waals surface area contributed by atoms with E-state index in [4.69, 9.17) is 11.6 Å². The van der Waals surface area contributed by atoms with Gasteiger partial charge in [-0.05, 0) is 154 Å². The van der Waals surface area contributed by atoms with E-state index in [0.29, 0.717) is 44.9 Å². The first kappa shape index (κ1) is 75.0. The van der Waals surface area contributed by atoms with Crippen molar-refractivity contribution < 1.29 is 65.9 Å². The minimum Gasteiger partial charge on any atom is -0.351 e. The number of carbonyl (C=O) groups is 11. The van der Waals surface area contributed by atoms with Crippen molar-refractivity contribution in [3.8, 4) is 0 Å². The highest BCUT2D eigenvalue weighted by molar-refractivity contribution is 6.20. The molecule has 2 saturated heterocycles. The maximum atomic E-state index is 15.5. The fraction of sp³-hybridized carbons (Fsp3) is 0.828. The number of halogens is 4. The van der Waals surface area contributed by atoms with E-state index in [1.165, 1.54) is 82.7 Å². The second kappa shape index (κ2) is 32.7. The van der Waals surface area contributed by atoms with Gasteiger partial charge in [0.25, 0.3) is 0 Å². The Bertz CT molecular complexity index is 2560. The first-order valence-electron chi connectivity index (χ1n) is 32.7. The van der Waals surface area contributed by atoms with E-state index < -0.39 is 156 Å². The molecule has 0 aromatic heterocycles. The van der Waals surface area contributed by atoms with Crippen molar-refractivity contribution in [3.05, 3.63) is 0 Å². The first-order chi connectivity index (χ1) is 42.0. The Morgan fingerprint density at radius 1 is 0.611 bits per heavy atom. The zero-order chi connectivity index (χ0) is 67.4. The van der Waals surface area contributed by atoms with Gasteiger partial charge in [-0.1, -0.05) is 47.0 Å². The Balaban J connectivity index is 1.53. The predicted octanol–water partition coefficient (Wildman–Crippen LogP) is 5.22. The van der Waals surface area contributed by atoms with Crippen molar-refractivity contribution in [2.75, 3.05) is 61.9 Å². The van der Waals surface area contributed by atoms with Crippen LogP contribution in [-0.4, -0.2) is 227 Å². The smallest absolute Gasteiger partial charge is 0.351 e. The quantitative estimate of drug-likeness (QED) is 0.218. The number of nitrogens with one attached hydrogen (secondary N) is 4. The van der Waals surface area contributed by atoms with Crippen molar-refractivity contribution in [1.29, 1.82) is 0 Å². The molecule has 3 aliphatic carbocycles. The normalized spacial score (nSPS) is 32.1. The second-order valence-electron chi connectivity index (χ2n) is 27.9. The summed E-state index contributed by atoms with van der Waals surface area (Å²) in [5, 5.41) is 11.4. The van der Waals surface area contributed by atoms with Gasteiger partial charge in [-0.25, -0.2) is 0 Å². The van der Waals surface area contributed by atoms with Gasteiger partial charge in [-0.3, -0.25) is 52.7 Å². The molecule has 11 amide bonds. The van der Waals surface area contributed by atoms with Crippen LogP contribution in [0.25, 0.3) is 0 Å². The summed E-state index contributed by atoms with van der Waals surface area (Å²) in [7, 11) is 8.48. The Hall–Kier alpha value is -5.75. The number of hydrogen-bond acceptors (Lipinski definition) is 11. The highest BCUT2D eigenvalue weighted by atomic mass is 35.5. The van der Waals surface area contributed by atoms with E-state index in [1.807, 2.05) is 20.8 Å². The molecule has 0 bridgehead atoms. The predicted molar refractivity (Wildman–Crippen MR) is 333 cm³/mol. The summed E-state index contributed by atoms with van der Waals surface area (Å²) < 4.78 is 41.4. The van der Waals surface area contributed by atoms with Crippen LogP contribution in [0.5, 0.6) is 0 Å². The SMILES string of the molecule is CC[C@H](C)[C@@H]1NC(=O)[C@H](C)N(C)C(=O)C[C@@H](C)NC(=O)[C@H](CC(C)C)N(C)C(=O)C(C)(C)NC(=O)[C@@H]2C[C@@H]3CCCC[C@@H]3N2C(=O)[C@H](CCC2CCC(C(F)(F)F)CC2)NC(=O)CN(C)C(=O)[C@H](CC2CCC(Cl)CC2)N(C)C(=O)CN(C)C(=O)CN(C)C1=O. The first-order valence-corrected chi connectivity index (χ1v) is 33.2. The summed E-state index contributed by atoms with van der Waals surface area (Å²) in [6.45, 7) is 11.9. The molecule has 4 N–H and O–H groups in total. The lowest BCUT2D eigenvalue weighted by atomic mass is 9.79. The zero-order valence-corrected chi connectivity index (χ0v) is 56.6. The number of hydrogen-bond donors (Lipinski definition) is 4. The molecule has 22 nitrogen and oxygen atoms in total. The number of amides is 11. The molecule has 0 aromatic carbocycles. The van der Waals surface area contributed by atoms with E-state index in [1.54, 1.807) is 13.8 Å². The Morgan fingerprint density at radius 3 is 1.80 bits per heavy atom. The van der Waals surface area contributed by atoms with Crippen LogP contribution >= 0.6 is 11.6 Å². The Morgan fingerprint density at radius 2 is 1.20 bits per heavy atom. The third-order valence-electron chi connectivity index (χ3n) is 20.0. The molecule has 2 aliphatic heterocycles. The molecule has 3 saturated carbocycles. The molecule has 510 valence electrons. The van der Waals surface area contributed by atoms with Gasteiger partial charge in [-0.15, -0.1) is 11.6 Å². The fourth-order valence-corrected chi connectivity index (χ4v) is 14.0. The number of rotatable bonds is 9. The van der Waals surface area contributed by atoms with Crippen molar-refractivity contribution in [2.45, 2.75) is 243 Å². The number of carbonyl (C=O) groups excluding carboxylic acids is 11. The van der Waals surface area contributed by atoms with Crippen LogP contribution in [0.2, 0.25) is 0 Å². The summed E-state index contributed by atoms with van der Waals surface area (Å²) in [6, 6.07) is -8.08. The lowest BCUT2D eigenvalue weighted by Gasteiger charge is -2.39. The third-order valence-corrected chi connectivity index (χ3v) is 20.4. The lowest BCUT2D eigenvalue weighted by Crippen LogP contribution is -2.63. The minimum absolute atomic E-state index is 0.0107. The molecule has 10 atom stereocenters. The average Bonchev–Trinajstić information content (AvgIpc) is 1.71. The van der Waals surface area contributed by atoms with E-state index in [0.717, 1.165) is 27.5 Å². The van der Waals surface area contributed by atoms with E-state index in [2.05, 4.69) is 21.3 Å². The van der Waals surface area contributed by atoms with Gasteiger partial charge in [0.05, 0.1) is 25.6 Å². The number of fused-ring (bicyclic) bond motifs is 3. The van der Waals surface area contributed by atoms with Crippen molar-refractivity contribution in [3.63, 3.8) is 0 Å². The van der Waals surface area contributed by atoms with Gasteiger partial charge >= 0.3 is 6.18 Å². The van der Waals surface area contributed by atoms with Gasteiger partial charge < -0.3 is 55.6 Å². The van der Waals surface area contributed by atoms with Gasteiger partial charge in [0, 0.05) is 66.2 Å². The summed E-state index contributed by atoms with van der Waals surface area (Å²) >= 11 is 6.49. The molecule has 5 fully saturated rings. The lowest BCUT2D eigenvalue weighted by molar-refractivity contribution is -0.184. The summed E-state index contributed by atoms with van der Waals surface area (Å²) in [6.07, 6.45) is 2.62. The van der Waals surface area contributed by atoms with Gasteiger partial charge in [0.1, 0.15) is 41.8 Å². The molecule has 0 spiro atoms. The number of nitrogens with zero attached hydrogens (tertiary/aromatic N) is 7. The maximum absolute atomic E-state index is 15.5. The highest BCUT2D eigenvalue weighted by Crippen LogP contribution is 2.43. The fourth-order valence-electron chi connectivity index (χ4n) is 13.8. The van der Waals surface area contributed by atoms with Crippen LogP contribution < -0.4 is 21.3 Å². The Labute approximate surface area is 536 Å². The van der Waals surface area contributed by atoms with Gasteiger partial charge in [0.15, 0.2) is 0 Å². The second-order valence-corrected chi connectivity index (χ2v) is 28.5. The van der Waals surface area contributed by atoms with E-state index in [-0.39, 0.29) is 93.3 Å². The van der Waals surface area contributed by atoms with E-state index in [9.17, 15) is 61.1 Å². The van der Waals surface area contributed by atoms with Gasteiger partial charge in [0.2, 0.25) is 65.0 Å². The van der Waals surface area contributed by atoms with Crippen molar-refractivity contribution in [1.82, 2.24) is 55.6 Å². The zero-order valence-electron chi connectivity index (χ0n) is 55.8. The molecular weight excluding hydrogens is 1190 g/mol. The van der Waals surface area contributed by atoms with Crippen LogP contribution in [0.1, 0.15) is 177 Å². The molecule has 5 aliphatic rings. The molecule has 26 heteroatoms. The van der Waals surface area contributed by atoms with Crippen LogP contribution in [0, 0.1) is 35.5 Å². The molecule has 2 heterocycles. The molecule has 0 radical (unpaired) electrons. The molecule has 5 rings (SSSR count). The molecule has 90 heavy (non-hydrogen) atoms. The Kier molecular flexibility index (Phi) is 27.2. The van der Waals surface area contributed by atoms with Crippen LogP contribution in [-0.2, 0) is 52.7 Å². The molecule has 0 unspecified atom stereocenters. The number of alkyl halides is 4. The standard InChI is InChI=1S/C64H105ClF3N11O11/c1-15-38(4)55-61(89)75(11)35-53(82)73(9)36-54(83)77(13)50(32-42-22-27-45(65)28-23-42)60(88)74(10)34-51(80)70-46(29-24-41-20-25-44(26-21-41)64(66,67)68)59(87)79-47-19-17-16-18-43(47)33-49(79)58(86)72-63(7,8)62(90)78(14)48(30-37(2)3)57(85)69-39(5)31-52(81)76(12)40(6)56(84)71-55/h37-50,55H,15-36H2,1-14H3,(H,69,85)(H,70,80)(H,71,84)(H,72,86)/t38-,39+,40-,41?,42?,43-,44?,45?,46-,47-,48-,49-,50-,55-/m0/s1. The summed E-state index contributed by atoms with van der Waals surface area (Å²) in [5.41, 5.74) is -1.66. The number of likely N-dealkylation sites (N-methyl/N-ethyl adjacent to an activating group) is 6. The summed E-state index contributed by atoms with van der Waals surface area (Å²) in [4.78, 5) is 168. The average molecular weight is 1300 g/mol. The minimum atomic E-state index is -4.34. The van der Waals surface area contributed by atoms with Crippen LogP contribution in [0.3, 0.4) is 0 Å². The largest absolute Gasteiger partial charge is 0.391 e. The van der Waals surface area contributed by atoms with Gasteiger partial charge in [-0.2, -0.15) is 13.2 Å². The van der Waals surface area contributed by atoms with Crippen molar-refractivity contribution >= 4 is 76.6 Å². The molecule has 0 aromatic rings. The summed E-state index contributed by atoms with van der Waals surface area (Å²) in [5.74, 6) is -9.16. The molecular formula is C64H105ClF3N11O11. The van der Waals surface area contributed by atoms with E-state index >= 15 is 4.79 Å².